The molecule has 1 fully saturated rings. The van der Waals surface area contributed by atoms with Crippen molar-refractivity contribution >= 4 is 12.0 Å². The Kier molecular flexibility index (Phi) is 6.58. The predicted molar refractivity (Wildman–Crippen MR) is 69.8 cm³/mol. The maximum absolute atomic E-state index is 11.8. The number of hydrogen-bond acceptors (Lipinski definition) is 4. The van der Waals surface area contributed by atoms with Crippen LogP contribution in [-0.4, -0.2) is 48.9 Å². The molecule has 0 aromatic heterocycles. The fourth-order valence-electron chi connectivity index (χ4n) is 2.20. The molecule has 1 saturated carbocycles. The molecule has 0 radical (unpaired) electrons. The van der Waals surface area contributed by atoms with E-state index < -0.39 is 18.0 Å². The van der Waals surface area contributed by atoms with Gasteiger partial charge in [0.15, 0.2) is 0 Å². The highest BCUT2D eigenvalue weighted by Crippen LogP contribution is 2.16. The molecule has 5 N–H and O–H groups in total. The van der Waals surface area contributed by atoms with Gasteiger partial charge in [-0.25, -0.2) is 9.59 Å². The first-order chi connectivity index (χ1) is 9.04. The molecule has 7 nitrogen and oxygen atoms in total. The van der Waals surface area contributed by atoms with Crippen LogP contribution in [0.15, 0.2) is 0 Å². The Bertz CT molecular complexity index is 311. The SMILES string of the molecule is COCCC(NC(=O)NC1CCCCC1N)C(=O)O. The Labute approximate surface area is 112 Å². The molecule has 0 saturated heterocycles. The first kappa shape index (κ1) is 15.7. The number of methoxy groups -OCH3 is 1. The van der Waals surface area contributed by atoms with E-state index in [9.17, 15) is 9.59 Å². The summed E-state index contributed by atoms with van der Waals surface area (Å²) in [6.07, 6.45) is 4.06. The monoisotopic (exact) mass is 273 g/mol. The van der Waals surface area contributed by atoms with Crippen molar-refractivity contribution in [2.24, 2.45) is 5.73 Å². The van der Waals surface area contributed by atoms with E-state index in [1.807, 2.05) is 0 Å². The van der Waals surface area contributed by atoms with Crippen molar-refractivity contribution in [3.63, 3.8) is 0 Å². The zero-order chi connectivity index (χ0) is 14.3. The second-order valence-corrected chi connectivity index (χ2v) is 4.84. The van der Waals surface area contributed by atoms with Gasteiger partial charge in [0.1, 0.15) is 6.04 Å². The second-order valence-electron chi connectivity index (χ2n) is 4.84. The van der Waals surface area contributed by atoms with Crippen LogP contribution < -0.4 is 16.4 Å². The zero-order valence-corrected chi connectivity index (χ0v) is 11.2. The fourth-order valence-corrected chi connectivity index (χ4v) is 2.20. The molecule has 7 heteroatoms. The van der Waals surface area contributed by atoms with Gasteiger partial charge >= 0.3 is 12.0 Å². The van der Waals surface area contributed by atoms with Crippen molar-refractivity contribution in [2.45, 2.75) is 50.2 Å². The molecule has 0 aliphatic heterocycles. The van der Waals surface area contributed by atoms with Crippen LogP contribution in [0.2, 0.25) is 0 Å². The number of carboxylic acids is 1. The van der Waals surface area contributed by atoms with E-state index in [4.69, 9.17) is 15.6 Å². The van der Waals surface area contributed by atoms with Crippen LogP contribution >= 0.6 is 0 Å². The van der Waals surface area contributed by atoms with Gasteiger partial charge in [0.2, 0.25) is 0 Å². The third-order valence-electron chi connectivity index (χ3n) is 3.35. The van der Waals surface area contributed by atoms with Gasteiger partial charge in [-0.3, -0.25) is 0 Å². The van der Waals surface area contributed by atoms with Crippen LogP contribution in [0.4, 0.5) is 4.79 Å². The van der Waals surface area contributed by atoms with E-state index in [0.29, 0.717) is 0 Å². The maximum Gasteiger partial charge on any atom is 0.326 e. The highest BCUT2D eigenvalue weighted by Gasteiger charge is 2.25. The number of nitrogens with one attached hydrogen (secondary N) is 2. The lowest BCUT2D eigenvalue weighted by Gasteiger charge is -2.29. The molecule has 0 spiro atoms. The van der Waals surface area contributed by atoms with E-state index in [-0.39, 0.29) is 25.1 Å². The molecular formula is C12H23N3O4. The van der Waals surface area contributed by atoms with Gasteiger partial charge < -0.3 is 26.2 Å². The Morgan fingerprint density at radius 3 is 2.68 bits per heavy atom. The molecule has 0 aromatic rings. The minimum absolute atomic E-state index is 0.0539. The van der Waals surface area contributed by atoms with Gasteiger partial charge in [-0.05, 0) is 12.8 Å². The number of nitrogens with two attached hydrogens (primary N) is 1. The van der Waals surface area contributed by atoms with Crippen molar-refractivity contribution in [2.75, 3.05) is 13.7 Å². The third kappa shape index (κ3) is 5.44. The number of aliphatic carboxylic acids is 1. The number of ether oxygens (including phenoxy) is 1. The van der Waals surface area contributed by atoms with Crippen molar-refractivity contribution < 1.29 is 19.4 Å². The van der Waals surface area contributed by atoms with Crippen molar-refractivity contribution in [3.8, 4) is 0 Å². The Morgan fingerprint density at radius 1 is 1.42 bits per heavy atom. The topological polar surface area (TPSA) is 114 Å². The third-order valence-corrected chi connectivity index (χ3v) is 3.35. The molecule has 3 atom stereocenters. The average Bonchev–Trinajstić information content (AvgIpc) is 2.37. The summed E-state index contributed by atoms with van der Waals surface area (Å²) in [6.45, 7) is 0.278. The fraction of sp³-hybridized carbons (Fsp3) is 0.833. The minimum Gasteiger partial charge on any atom is -0.480 e. The molecular weight excluding hydrogens is 250 g/mol. The molecule has 0 heterocycles. The highest BCUT2D eigenvalue weighted by molar-refractivity contribution is 5.82. The Balaban J connectivity index is 2.40. The van der Waals surface area contributed by atoms with E-state index >= 15 is 0 Å². The molecule has 1 rings (SSSR count). The van der Waals surface area contributed by atoms with E-state index in [0.717, 1.165) is 25.7 Å². The summed E-state index contributed by atoms with van der Waals surface area (Å²) in [5.41, 5.74) is 5.92. The smallest absolute Gasteiger partial charge is 0.326 e. The Morgan fingerprint density at radius 2 is 2.11 bits per heavy atom. The summed E-state index contributed by atoms with van der Waals surface area (Å²) >= 11 is 0. The molecule has 2 amide bonds. The quantitative estimate of drug-likeness (QED) is 0.546. The summed E-state index contributed by atoms with van der Waals surface area (Å²) < 4.78 is 4.82. The summed E-state index contributed by atoms with van der Waals surface area (Å²) in [5.74, 6) is -1.07. The maximum atomic E-state index is 11.8. The largest absolute Gasteiger partial charge is 0.480 e. The van der Waals surface area contributed by atoms with E-state index in [1.165, 1.54) is 7.11 Å². The molecule has 19 heavy (non-hydrogen) atoms. The van der Waals surface area contributed by atoms with Crippen molar-refractivity contribution in [1.82, 2.24) is 10.6 Å². The van der Waals surface area contributed by atoms with Crippen molar-refractivity contribution in [3.05, 3.63) is 0 Å². The van der Waals surface area contributed by atoms with Gasteiger partial charge in [0.25, 0.3) is 0 Å². The average molecular weight is 273 g/mol. The van der Waals surface area contributed by atoms with E-state index in [1.54, 1.807) is 0 Å². The van der Waals surface area contributed by atoms with E-state index in [2.05, 4.69) is 10.6 Å². The van der Waals surface area contributed by atoms with Crippen LogP contribution in [0.1, 0.15) is 32.1 Å². The van der Waals surface area contributed by atoms with Gasteiger partial charge in [0, 0.05) is 32.2 Å². The summed E-state index contributed by atoms with van der Waals surface area (Å²) in [6, 6.07) is -1.56. The lowest BCUT2D eigenvalue weighted by molar-refractivity contribution is -0.139. The Hall–Kier alpha value is -1.34. The second kappa shape index (κ2) is 7.96. The number of carboxylic acid groups (broad SMARTS) is 1. The number of urea groups is 1. The summed E-state index contributed by atoms with van der Waals surface area (Å²) in [7, 11) is 1.49. The van der Waals surface area contributed by atoms with Gasteiger partial charge in [-0.2, -0.15) is 0 Å². The lowest BCUT2D eigenvalue weighted by Crippen LogP contribution is -2.55. The van der Waals surface area contributed by atoms with Crippen LogP contribution in [0, 0.1) is 0 Å². The summed E-state index contributed by atoms with van der Waals surface area (Å²) in [4.78, 5) is 22.7. The molecule has 1 aliphatic rings. The number of hydrogen-bond donors (Lipinski definition) is 4. The first-order valence-electron chi connectivity index (χ1n) is 6.59. The number of amides is 2. The van der Waals surface area contributed by atoms with Crippen LogP contribution in [0.25, 0.3) is 0 Å². The molecule has 3 unspecified atom stereocenters. The van der Waals surface area contributed by atoms with Crippen LogP contribution in [0.3, 0.4) is 0 Å². The van der Waals surface area contributed by atoms with Crippen LogP contribution in [0.5, 0.6) is 0 Å². The van der Waals surface area contributed by atoms with Crippen LogP contribution in [-0.2, 0) is 9.53 Å². The zero-order valence-electron chi connectivity index (χ0n) is 11.2. The normalized spacial score (nSPS) is 24.5. The lowest BCUT2D eigenvalue weighted by atomic mass is 9.91. The summed E-state index contributed by atoms with van der Waals surface area (Å²) in [5, 5.41) is 14.2. The minimum atomic E-state index is -1.07. The number of rotatable bonds is 6. The van der Waals surface area contributed by atoms with Gasteiger partial charge in [0.05, 0.1) is 0 Å². The van der Waals surface area contributed by atoms with Gasteiger partial charge in [-0.15, -0.1) is 0 Å². The predicted octanol–water partition coefficient (Wildman–Crippen LogP) is 0.0452. The first-order valence-corrected chi connectivity index (χ1v) is 6.59. The highest BCUT2D eigenvalue weighted by atomic mass is 16.5. The van der Waals surface area contributed by atoms with Crippen molar-refractivity contribution in [1.29, 1.82) is 0 Å². The molecule has 1 aliphatic carbocycles. The molecule has 110 valence electrons. The standard InChI is InChI=1S/C12H23N3O4/c1-19-7-6-10(11(16)17)15-12(18)14-9-5-3-2-4-8(9)13/h8-10H,2-7,13H2,1H3,(H,16,17)(H2,14,15,18). The van der Waals surface area contributed by atoms with Gasteiger partial charge in [-0.1, -0.05) is 12.8 Å². The number of carbonyl (C=O) groups excluding carboxylic acids is 1. The molecule has 0 bridgehead atoms. The number of carbonyl (C=O) groups is 2. The molecule has 0 aromatic carbocycles.